The molecule has 12 heteroatoms. The number of aromatic nitrogens is 2. The number of halogens is 1. The number of anilines is 1. The van der Waals surface area contributed by atoms with Crippen molar-refractivity contribution in [1.29, 1.82) is 0 Å². The smallest absolute Gasteiger partial charge is 0.295 e. The van der Waals surface area contributed by atoms with Gasteiger partial charge in [-0.2, -0.15) is 5.10 Å². The van der Waals surface area contributed by atoms with Gasteiger partial charge in [-0.25, -0.2) is 15.2 Å². The Labute approximate surface area is 207 Å². The molecule has 188 valence electrons. The lowest BCUT2D eigenvalue weighted by atomic mass is 10.1. The number of benzene rings is 1. The summed E-state index contributed by atoms with van der Waals surface area (Å²) in [6, 6.07) is 9.77. The van der Waals surface area contributed by atoms with Gasteiger partial charge in [-0.05, 0) is 0 Å². The number of hydrogen-bond acceptors (Lipinski definition) is 8. The molecule has 5 N–H and O–H groups in total. The minimum Gasteiger partial charge on any atom is -0.403 e. The minimum atomic E-state index is -0.811. The summed E-state index contributed by atoms with van der Waals surface area (Å²) >= 11 is 0. The second-order valence-corrected chi connectivity index (χ2v) is 8.38. The monoisotopic (exact) mass is 493 g/mol. The zero-order valence-electron chi connectivity index (χ0n) is 20.1. The Bertz CT molecular complexity index is 1310. The van der Waals surface area contributed by atoms with Crippen LogP contribution in [0.15, 0.2) is 60.2 Å². The predicted octanol–water partition coefficient (Wildman–Crippen LogP) is 1.06. The van der Waals surface area contributed by atoms with Gasteiger partial charge in [0.1, 0.15) is 0 Å². The maximum Gasteiger partial charge on any atom is 0.295 e. The topological polar surface area (TPSA) is 140 Å². The van der Waals surface area contributed by atoms with Crippen LogP contribution in [-0.2, 0) is 4.79 Å². The molecule has 11 nitrogen and oxygen atoms in total. The van der Waals surface area contributed by atoms with Gasteiger partial charge in [0, 0.05) is 64.4 Å². The fourth-order valence-electron chi connectivity index (χ4n) is 4.09. The second-order valence-electron chi connectivity index (χ2n) is 8.38. The summed E-state index contributed by atoms with van der Waals surface area (Å²) in [6.07, 6.45) is 4.77. The van der Waals surface area contributed by atoms with Gasteiger partial charge in [-0.15, -0.1) is 0 Å². The highest BCUT2D eigenvalue weighted by molar-refractivity contribution is 6.45. The molecule has 0 unspecified atom stereocenters. The fraction of sp³-hybridized carbons (Fsp3) is 0.250. The fourth-order valence-corrected chi connectivity index (χ4v) is 4.09. The van der Waals surface area contributed by atoms with E-state index in [1.54, 1.807) is 5.01 Å². The van der Waals surface area contributed by atoms with Crippen molar-refractivity contribution in [1.82, 2.24) is 24.8 Å². The Morgan fingerprint density at radius 1 is 1.14 bits per heavy atom. The van der Waals surface area contributed by atoms with Crippen LogP contribution < -0.4 is 16.6 Å². The van der Waals surface area contributed by atoms with E-state index in [2.05, 4.69) is 20.0 Å². The van der Waals surface area contributed by atoms with Crippen LogP contribution in [0.3, 0.4) is 0 Å². The molecule has 0 spiro atoms. The van der Waals surface area contributed by atoms with E-state index >= 15 is 0 Å². The molecule has 0 saturated carbocycles. The number of pyridine rings is 1. The summed E-state index contributed by atoms with van der Waals surface area (Å²) in [5.41, 5.74) is 6.43. The number of nitrogens with one attached hydrogen (secondary N) is 1. The first-order chi connectivity index (χ1) is 17.3. The van der Waals surface area contributed by atoms with Crippen LogP contribution in [0.25, 0.3) is 10.9 Å². The number of rotatable bonds is 6. The molecule has 1 fully saturated rings. The van der Waals surface area contributed by atoms with Gasteiger partial charge in [0.15, 0.2) is 17.5 Å². The van der Waals surface area contributed by atoms with Gasteiger partial charge >= 0.3 is 0 Å². The van der Waals surface area contributed by atoms with Crippen LogP contribution in [-0.4, -0.2) is 82.6 Å². The Kier molecular flexibility index (Phi) is 7.15. The van der Waals surface area contributed by atoms with E-state index in [4.69, 9.17) is 11.6 Å². The van der Waals surface area contributed by atoms with Gasteiger partial charge in [-0.1, -0.05) is 30.3 Å². The zero-order valence-corrected chi connectivity index (χ0v) is 20.1. The van der Waals surface area contributed by atoms with Crippen molar-refractivity contribution in [3.05, 3.63) is 72.1 Å². The molecule has 0 radical (unpaired) electrons. The quantitative estimate of drug-likeness (QED) is 0.116. The van der Waals surface area contributed by atoms with Crippen molar-refractivity contribution >= 4 is 34.2 Å². The third-order valence-electron chi connectivity index (χ3n) is 5.77. The van der Waals surface area contributed by atoms with Crippen molar-refractivity contribution in [2.75, 3.05) is 45.3 Å². The molecule has 1 aliphatic rings. The largest absolute Gasteiger partial charge is 0.403 e. The molecule has 0 aliphatic carbocycles. The highest BCUT2D eigenvalue weighted by Gasteiger charge is 2.31. The van der Waals surface area contributed by atoms with Gasteiger partial charge < -0.3 is 25.5 Å². The number of nitrogens with two attached hydrogens (primary N) is 2. The van der Waals surface area contributed by atoms with Gasteiger partial charge in [-0.3, -0.25) is 14.6 Å². The van der Waals surface area contributed by atoms with Crippen molar-refractivity contribution in [3.8, 4) is 0 Å². The van der Waals surface area contributed by atoms with E-state index in [0.29, 0.717) is 26.2 Å². The molecule has 1 aliphatic heterocycles. The van der Waals surface area contributed by atoms with Crippen LogP contribution in [0.2, 0.25) is 0 Å². The van der Waals surface area contributed by atoms with Crippen LogP contribution in [0.5, 0.6) is 0 Å². The van der Waals surface area contributed by atoms with E-state index in [-0.39, 0.29) is 22.3 Å². The number of amides is 1. The summed E-state index contributed by atoms with van der Waals surface area (Å²) in [4.78, 5) is 36.6. The number of aromatic amines is 1. The predicted molar refractivity (Wildman–Crippen MR) is 135 cm³/mol. The number of ketones is 1. The minimum absolute atomic E-state index is 0.0534. The zero-order chi connectivity index (χ0) is 25.8. The molecule has 4 rings (SSSR count). The lowest BCUT2D eigenvalue weighted by Gasteiger charge is -2.36. The Hall–Kier alpha value is -4.45. The lowest BCUT2D eigenvalue weighted by molar-refractivity contribution is -0.127. The van der Waals surface area contributed by atoms with Crippen LogP contribution in [0.1, 0.15) is 15.9 Å². The maximum atomic E-state index is 14.7. The molecule has 0 bridgehead atoms. The Morgan fingerprint density at radius 2 is 1.81 bits per heavy atom. The van der Waals surface area contributed by atoms with Gasteiger partial charge in [0.05, 0.1) is 22.7 Å². The van der Waals surface area contributed by atoms with Crippen LogP contribution in [0.4, 0.5) is 10.2 Å². The highest BCUT2D eigenvalue weighted by Crippen LogP contribution is 2.28. The number of carbonyl (C=O) groups is 2. The molecule has 3 heterocycles. The summed E-state index contributed by atoms with van der Waals surface area (Å²) in [6.45, 7) is 1.62. The number of hydrazine groups is 1. The van der Waals surface area contributed by atoms with Gasteiger partial charge in [0.25, 0.3) is 11.7 Å². The lowest BCUT2D eigenvalue weighted by Crippen LogP contribution is -2.52. The van der Waals surface area contributed by atoms with Gasteiger partial charge in [0.2, 0.25) is 0 Å². The first-order valence-electron chi connectivity index (χ1n) is 11.3. The molecule has 3 aromatic rings. The number of hydrazone groups is 1. The number of nitrogens with zero attached hydrogens (tertiary/aromatic N) is 6. The first-order valence-corrected chi connectivity index (χ1v) is 11.3. The van der Waals surface area contributed by atoms with E-state index in [0.717, 1.165) is 22.6 Å². The highest BCUT2D eigenvalue weighted by atomic mass is 19.1. The number of H-pyrrole nitrogens is 1. The van der Waals surface area contributed by atoms with E-state index in [9.17, 15) is 14.0 Å². The van der Waals surface area contributed by atoms with E-state index in [1.807, 2.05) is 44.4 Å². The average molecular weight is 494 g/mol. The van der Waals surface area contributed by atoms with Crippen molar-refractivity contribution in [2.24, 2.45) is 16.7 Å². The summed E-state index contributed by atoms with van der Waals surface area (Å²) in [7, 11) is 3.69. The summed E-state index contributed by atoms with van der Waals surface area (Å²) in [5, 5.41) is 7.39. The normalized spacial score (nSPS) is 14.5. The summed E-state index contributed by atoms with van der Waals surface area (Å²) < 4.78 is 14.7. The average Bonchev–Trinajstić information content (AvgIpc) is 3.33. The Balaban J connectivity index is 1.53. The molecular weight excluding hydrogens is 465 g/mol. The van der Waals surface area contributed by atoms with Crippen molar-refractivity contribution in [3.63, 3.8) is 0 Å². The van der Waals surface area contributed by atoms with E-state index < -0.39 is 17.5 Å². The molecular formula is C24H28FN9O2. The summed E-state index contributed by atoms with van der Waals surface area (Å²) in [5.74, 6) is 4.56. The standard InChI is InChI=1S/C24H28FN9O2/c1-31(2)30-22(16-6-4-3-5-7-16)32-10-12-33(13-11-32)24(36)21(35)17-14-28-20-19(17)18(25)15-29-23(20)34(27)9-8-26/h3-9,14-15,28H,10-13,26-27H2,1-2H3/b9-8-,30-22+. The van der Waals surface area contributed by atoms with E-state index in [1.165, 1.54) is 23.5 Å². The van der Waals surface area contributed by atoms with Crippen LogP contribution >= 0.6 is 0 Å². The number of fused-ring (bicyclic) bond motifs is 1. The third kappa shape index (κ3) is 4.84. The Morgan fingerprint density at radius 3 is 2.44 bits per heavy atom. The number of carbonyl (C=O) groups excluding carboxylic acids is 2. The number of hydrogen-bond donors (Lipinski definition) is 3. The third-order valence-corrected chi connectivity index (χ3v) is 5.77. The first kappa shape index (κ1) is 24.7. The maximum absolute atomic E-state index is 14.7. The SMILES string of the molecule is CN(C)/N=C(\c1ccccc1)N1CCN(C(=O)C(=O)c2c[nH]c3c(N(N)/C=C\N)ncc(F)c23)CC1. The molecule has 1 amide bonds. The van der Waals surface area contributed by atoms with Crippen LogP contribution in [0, 0.1) is 5.82 Å². The molecule has 0 atom stereocenters. The molecule has 1 aromatic carbocycles. The number of amidine groups is 1. The second kappa shape index (κ2) is 10.4. The number of piperazine rings is 1. The van der Waals surface area contributed by atoms with Crippen molar-refractivity contribution in [2.45, 2.75) is 0 Å². The van der Waals surface area contributed by atoms with Crippen molar-refractivity contribution < 1.29 is 14.0 Å². The molecule has 36 heavy (non-hydrogen) atoms. The molecule has 2 aromatic heterocycles. The number of Topliss-reactive ketones (excluding diaryl/α,β-unsaturated/α-hetero) is 1. The molecule has 1 saturated heterocycles.